The molecule has 1 atom stereocenters. The van der Waals surface area contributed by atoms with Gasteiger partial charge in [0, 0.05) is 18.7 Å². The van der Waals surface area contributed by atoms with Crippen molar-refractivity contribution < 1.29 is 18.0 Å². The second-order valence-corrected chi connectivity index (χ2v) is 5.87. The van der Waals surface area contributed by atoms with E-state index in [4.69, 9.17) is 0 Å². The fraction of sp³-hybridized carbons (Fsp3) is 0.500. The first-order valence-corrected chi connectivity index (χ1v) is 7.56. The van der Waals surface area contributed by atoms with Gasteiger partial charge < -0.3 is 4.90 Å². The molecule has 2 rings (SSSR count). The number of benzene rings is 1. The maximum absolute atomic E-state index is 12.5. The first-order chi connectivity index (χ1) is 9.43. The van der Waals surface area contributed by atoms with E-state index in [-0.39, 0.29) is 11.3 Å². The average molecular weight is 303 g/mol. The lowest BCUT2D eigenvalue weighted by atomic mass is 10.1. The molecule has 2 nitrogen and oxygen atoms in total. The van der Waals surface area contributed by atoms with Crippen molar-refractivity contribution in [1.82, 2.24) is 4.90 Å². The van der Waals surface area contributed by atoms with Gasteiger partial charge in [-0.05, 0) is 24.1 Å². The molecule has 0 spiro atoms. The predicted octanol–water partition coefficient (Wildman–Crippen LogP) is 4.08. The molecule has 0 aromatic heterocycles. The second kappa shape index (κ2) is 6.08. The summed E-state index contributed by atoms with van der Waals surface area (Å²) in [5, 5.41) is -0.156. The second-order valence-electron chi connectivity index (χ2n) is 4.68. The molecule has 1 saturated heterocycles. The molecule has 1 amide bonds. The van der Waals surface area contributed by atoms with Crippen molar-refractivity contribution in [2.75, 3.05) is 12.3 Å². The molecular formula is C14H16F3NOS. The summed E-state index contributed by atoms with van der Waals surface area (Å²) >= 11 is 1.59. The molecule has 0 N–H and O–H groups in total. The predicted molar refractivity (Wildman–Crippen MR) is 73.3 cm³/mol. The van der Waals surface area contributed by atoms with Gasteiger partial charge in [0.2, 0.25) is 5.91 Å². The van der Waals surface area contributed by atoms with Crippen LogP contribution in [-0.2, 0) is 11.0 Å². The van der Waals surface area contributed by atoms with Gasteiger partial charge >= 0.3 is 6.18 Å². The van der Waals surface area contributed by atoms with Crippen molar-refractivity contribution >= 4 is 17.7 Å². The molecule has 0 bridgehead atoms. The van der Waals surface area contributed by atoms with Crippen molar-refractivity contribution in [1.29, 1.82) is 0 Å². The van der Waals surface area contributed by atoms with Gasteiger partial charge in [0.25, 0.3) is 0 Å². The van der Waals surface area contributed by atoms with E-state index in [1.807, 2.05) is 6.92 Å². The molecular weight excluding hydrogens is 287 g/mol. The smallest absolute Gasteiger partial charge is 0.326 e. The van der Waals surface area contributed by atoms with Crippen LogP contribution < -0.4 is 0 Å². The Hall–Kier alpha value is -1.17. The minimum absolute atomic E-state index is 0.0717. The van der Waals surface area contributed by atoms with E-state index in [1.54, 1.807) is 16.7 Å². The summed E-state index contributed by atoms with van der Waals surface area (Å²) in [6, 6.07) is 5.10. The minimum Gasteiger partial charge on any atom is -0.326 e. The fourth-order valence-electron chi connectivity index (χ4n) is 2.20. The molecule has 0 unspecified atom stereocenters. The Labute approximate surface area is 120 Å². The summed E-state index contributed by atoms with van der Waals surface area (Å²) in [5.41, 5.74) is 0.0978. The third-order valence-corrected chi connectivity index (χ3v) is 4.46. The average Bonchev–Trinajstić information content (AvgIpc) is 2.87. The number of rotatable bonds is 3. The number of carbonyl (C=O) groups excluding carboxylic acids is 1. The van der Waals surface area contributed by atoms with Crippen LogP contribution in [0.15, 0.2) is 24.3 Å². The zero-order valence-electron chi connectivity index (χ0n) is 11.1. The van der Waals surface area contributed by atoms with Crippen molar-refractivity contribution in [3.05, 3.63) is 35.4 Å². The van der Waals surface area contributed by atoms with Crippen LogP contribution in [0.3, 0.4) is 0 Å². The van der Waals surface area contributed by atoms with Crippen molar-refractivity contribution in [2.45, 2.75) is 31.3 Å². The highest BCUT2D eigenvalue weighted by atomic mass is 32.2. The normalized spacial score (nSPS) is 19.4. The molecule has 1 aromatic carbocycles. The number of amides is 1. The van der Waals surface area contributed by atoms with Gasteiger partial charge in [-0.15, -0.1) is 11.8 Å². The van der Waals surface area contributed by atoms with Gasteiger partial charge in [0.1, 0.15) is 5.37 Å². The van der Waals surface area contributed by atoms with Gasteiger partial charge in [-0.25, -0.2) is 0 Å². The maximum atomic E-state index is 12.5. The number of hydrogen-bond donors (Lipinski definition) is 0. The standard InChI is InChI=1S/C14H16F3NOS/c1-2-3-12(19)18-8-9-20-13(18)10-4-6-11(7-5-10)14(15,16)17/h4-7,13H,2-3,8-9H2,1H3/t13-/m1/s1. The molecule has 0 radical (unpaired) electrons. The number of carbonyl (C=O) groups is 1. The fourth-order valence-corrected chi connectivity index (χ4v) is 3.47. The van der Waals surface area contributed by atoms with Crippen LogP contribution in [0.1, 0.15) is 36.3 Å². The highest BCUT2D eigenvalue weighted by Crippen LogP contribution is 2.39. The Morgan fingerprint density at radius 3 is 2.55 bits per heavy atom. The molecule has 110 valence electrons. The van der Waals surface area contributed by atoms with Crippen LogP contribution >= 0.6 is 11.8 Å². The number of hydrogen-bond acceptors (Lipinski definition) is 2. The van der Waals surface area contributed by atoms with Crippen LogP contribution in [-0.4, -0.2) is 23.1 Å². The van der Waals surface area contributed by atoms with Gasteiger partial charge in [-0.2, -0.15) is 13.2 Å². The minimum atomic E-state index is -4.32. The van der Waals surface area contributed by atoms with Crippen LogP contribution in [0.2, 0.25) is 0 Å². The van der Waals surface area contributed by atoms with Crippen molar-refractivity contribution in [3.63, 3.8) is 0 Å². The van der Waals surface area contributed by atoms with E-state index in [0.29, 0.717) is 13.0 Å². The van der Waals surface area contributed by atoms with Crippen LogP contribution in [0.5, 0.6) is 0 Å². The van der Waals surface area contributed by atoms with Crippen molar-refractivity contribution in [3.8, 4) is 0 Å². The number of nitrogens with zero attached hydrogens (tertiary/aromatic N) is 1. The monoisotopic (exact) mass is 303 g/mol. The van der Waals surface area contributed by atoms with Crippen LogP contribution in [0, 0.1) is 0 Å². The lowest BCUT2D eigenvalue weighted by Gasteiger charge is -2.24. The quantitative estimate of drug-likeness (QED) is 0.838. The van der Waals surface area contributed by atoms with E-state index in [9.17, 15) is 18.0 Å². The first-order valence-electron chi connectivity index (χ1n) is 6.51. The topological polar surface area (TPSA) is 20.3 Å². The summed E-state index contributed by atoms with van der Waals surface area (Å²) in [6.07, 6.45) is -3.06. The van der Waals surface area contributed by atoms with E-state index in [0.717, 1.165) is 29.9 Å². The lowest BCUT2D eigenvalue weighted by Crippen LogP contribution is -2.30. The summed E-state index contributed by atoms with van der Waals surface area (Å²) in [4.78, 5) is 13.7. The van der Waals surface area contributed by atoms with E-state index >= 15 is 0 Å². The van der Waals surface area contributed by atoms with E-state index in [2.05, 4.69) is 0 Å². The highest BCUT2D eigenvalue weighted by molar-refractivity contribution is 7.99. The van der Waals surface area contributed by atoms with Gasteiger partial charge in [0.15, 0.2) is 0 Å². The maximum Gasteiger partial charge on any atom is 0.416 e. The summed E-state index contributed by atoms with van der Waals surface area (Å²) in [6.45, 7) is 2.60. The summed E-state index contributed by atoms with van der Waals surface area (Å²) < 4.78 is 37.6. The zero-order valence-corrected chi connectivity index (χ0v) is 11.9. The Bertz CT molecular complexity index is 472. The molecule has 1 heterocycles. The Morgan fingerprint density at radius 1 is 1.35 bits per heavy atom. The van der Waals surface area contributed by atoms with Crippen molar-refractivity contribution in [2.24, 2.45) is 0 Å². The van der Waals surface area contributed by atoms with Gasteiger partial charge in [0.05, 0.1) is 5.56 Å². The first kappa shape index (κ1) is 15.2. The zero-order chi connectivity index (χ0) is 14.8. The van der Waals surface area contributed by atoms with E-state index < -0.39 is 11.7 Å². The molecule has 0 saturated carbocycles. The number of halogens is 3. The van der Waals surface area contributed by atoms with Crippen LogP contribution in [0.25, 0.3) is 0 Å². The molecule has 20 heavy (non-hydrogen) atoms. The van der Waals surface area contributed by atoms with Gasteiger partial charge in [-0.3, -0.25) is 4.79 Å². The van der Waals surface area contributed by atoms with Gasteiger partial charge in [-0.1, -0.05) is 19.1 Å². The van der Waals surface area contributed by atoms with Crippen LogP contribution in [0.4, 0.5) is 13.2 Å². The number of thioether (sulfide) groups is 1. The third-order valence-electron chi connectivity index (χ3n) is 3.20. The Morgan fingerprint density at radius 2 is 2.00 bits per heavy atom. The summed E-state index contributed by atoms with van der Waals surface area (Å²) in [5.74, 6) is 0.892. The summed E-state index contributed by atoms with van der Waals surface area (Å²) in [7, 11) is 0. The molecule has 0 aliphatic carbocycles. The lowest BCUT2D eigenvalue weighted by molar-refractivity contribution is -0.137. The molecule has 1 aliphatic heterocycles. The molecule has 1 fully saturated rings. The third kappa shape index (κ3) is 3.29. The Balaban J connectivity index is 2.16. The SMILES string of the molecule is CCCC(=O)N1CCS[C@@H]1c1ccc(C(F)(F)F)cc1. The molecule has 1 aliphatic rings. The molecule has 6 heteroatoms. The highest BCUT2D eigenvalue weighted by Gasteiger charge is 2.32. The largest absolute Gasteiger partial charge is 0.416 e. The number of alkyl halides is 3. The molecule has 1 aromatic rings. The van der Waals surface area contributed by atoms with E-state index in [1.165, 1.54) is 12.1 Å². The Kier molecular flexibility index (Phi) is 4.62.